The summed E-state index contributed by atoms with van der Waals surface area (Å²) in [6.45, 7) is 1.84. The number of anilines is 1. The van der Waals surface area contributed by atoms with Crippen LogP contribution in [0.25, 0.3) is 11.1 Å². The molecule has 0 saturated heterocycles. The Morgan fingerprint density at radius 3 is 2.54 bits per heavy atom. The monoisotopic (exact) mass is 414 g/mol. The number of nitrogens with two attached hydrogens (primary N) is 1. The number of rotatable bonds is 7. The molecule has 0 amide bonds. The van der Waals surface area contributed by atoms with Crippen LogP contribution in [-0.2, 0) is 14.3 Å². The molecular weight excluding hydrogens is 400 g/mol. The van der Waals surface area contributed by atoms with Gasteiger partial charge in [0, 0.05) is 16.1 Å². The van der Waals surface area contributed by atoms with Crippen molar-refractivity contribution in [2.75, 3.05) is 18.1 Å². The normalized spacial score (nSPS) is 10.0. The van der Waals surface area contributed by atoms with Gasteiger partial charge >= 0.3 is 5.97 Å². The van der Waals surface area contributed by atoms with Crippen LogP contribution in [0.1, 0.15) is 24.5 Å². The number of ether oxygens (including phenoxy) is 1. The standard InChI is InChI=1S/C19H15ClN4O3S/c1-2-27-16(26)7-11(25)10-28-19-14(9-22)17(13(8-21)18(23)24-19)12-5-3-4-6-15(12)20/h3-6H,2,7,10H2,1H3,(H2,23,24). The lowest BCUT2D eigenvalue weighted by Crippen LogP contribution is -2.13. The molecule has 2 N–H and O–H groups in total. The summed E-state index contributed by atoms with van der Waals surface area (Å²) in [5, 5.41) is 19.7. The van der Waals surface area contributed by atoms with E-state index in [1.165, 1.54) is 0 Å². The minimum atomic E-state index is -0.613. The number of esters is 1. The lowest BCUT2D eigenvalue weighted by molar-refractivity contribution is -0.145. The van der Waals surface area contributed by atoms with Gasteiger partial charge in [-0.2, -0.15) is 10.5 Å². The van der Waals surface area contributed by atoms with Crippen molar-refractivity contribution in [3.8, 4) is 23.3 Å². The summed E-state index contributed by atoms with van der Waals surface area (Å²) < 4.78 is 4.74. The van der Waals surface area contributed by atoms with Crippen molar-refractivity contribution in [3.05, 3.63) is 40.4 Å². The largest absolute Gasteiger partial charge is 0.466 e. The first kappa shape index (κ1) is 21.2. The third-order valence-electron chi connectivity index (χ3n) is 3.58. The van der Waals surface area contributed by atoms with E-state index in [1.807, 2.05) is 12.1 Å². The van der Waals surface area contributed by atoms with Crippen LogP contribution in [0, 0.1) is 22.7 Å². The fourth-order valence-corrected chi connectivity index (χ4v) is 3.49. The molecule has 0 aliphatic carbocycles. The van der Waals surface area contributed by atoms with Crippen molar-refractivity contribution < 1.29 is 14.3 Å². The van der Waals surface area contributed by atoms with Crippen molar-refractivity contribution in [2.24, 2.45) is 0 Å². The summed E-state index contributed by atoms with van der Waals surface area (Å²) in [5.74, 6) is -1.17. The van der Waals surface area contributed by atoms with Gasteiger partial charge in [-0.15, -0.1) is 0 Å². The Morgan fingerprint density at radius 2 is 1.93 bits per heavy atom. The molecule has 1 heterocycles. The summed E-state index contributed by atoms with van der Waals surface area (Å²) in [6.07, 6.45) is -0.369. The molecule has 9 heteroatoms. The molecule has 1 aromatic carbocycles. The van der Waals surface area contributed by atoms with Gasteiger partial charge in [0.25, 0.3) is 0 Å². The van der Waals surface area contributed by atoms with Crippen molar-refractivity contribution in [3.63, 3.8) is 0 Å². The molecule has 0 saturated carbocycles. The Morgan fingerprint density at radius 1 is 1.25 bits per heavy atom. The fraction of sp³-hybridized carbons (Fsp3) is 0.211. The quantitative estimate of drug-likeness (QED) is 0.414. The number of hydrogen-bond donors (Lipinski definition) is 1. The number of nitrogen functional groups attached to an aromatic ring is 1. The SMILES string of the molecule is CCOC(=O)CC(=O)CSc1nc(N)c(C#N)c(-c2ccccc2Cl)c1C#N. The van der Waals surface area contributed by atoms with E-state index in [9.17, 15) is 20.1 Å². The van der Waals surface area contributed by atoms with Gasteiger partial charge in [-0.1, -0.05) is 41.6 Å². The van der Waals surface area contributed by atoms with Crippen molar-refractivity contribution >= 4 is 40.9 Å². The van der Waals surface area contributed by atoms with E-state index in [1.54, 1.807) is 31.2 Å². The zero-order valence-corrected chi connectivity index (χ0v) is 16.4. The van der Waals surface area contributed by atoms with Crippen LogP contribution >= 0.6 is 23.4 Å². The van der Waals surface area contributed by atoms with Crippen molar-refractivity contribution in [2.45, 2.75) is 18.4 Å². The molecule has 2 aromatic rings. The molecule has 1 aromatic heterocycles. The Kier molecular flexibility index (Phi) is 7.39. The fourth-order valence-electron chi connectivity index (χ4n) is 2.41. The Hall–Kier alpha value is -3.07. The summed E-state index contributed by atoms with van der Waals surface area (Å²) in [6, 6.07) is 10.7. The second-order valence-electron chi connectivity index (χ2n) is 5.44. The summed E-state index contributed by atoms with van der Waals surface area (Å²) in [7, 11) is 0. The van der Waals surface area contributed by atoms with E-state index in [2.05, 4.69) is 4.98 Å². The lowest BCUT2D eigenvalue weighted by Gasteiger charge is -2.13. The zero-order valence-electron chi connectivity index (χ0n) is 14.9. The number of pyridine rings is 1. The number of halogens is 1. The van der Waals surface area contributed by atoms with E-state index in [0.29, 0.717) is 10.6 Å². The van der Waals surface area contributed by atoms with Crippen LogP contribution in [0.5, 0.6) is 0 Å². The number of carbonyl (C=O) groups excluding carboxylic acids is 2. The highest BCUT2D eigenvalue weighted by Gasteiger charge is 2.22. The molecule has 28 heavy (non-hydrogen) atoms. The van der Waals surface area contributed by atoms with Crippen molar-refractivity contribution in [1.82, 2.24) is 4.98 Å². The second-order valence-corrected chi connectivity index (χ2v) is 6.81. The maximum atomic E-state index is 12.0. The van der Waals surface area contributed by atoms with Gasteiger partial charge in [-0.3, -0.25) is 9.59 Å². The Balaban J connectivity index is 2.44. The number of thioether (sulfide) groups is 1. The third kappa shape index (κ3) is 4.80. The average Bonchev–Trinajstić information content (AvgIpc) is 2.66. The first-order valence-electron chi connectivity index (χ1n) is 8.11. The molecule has 0 aliphatic heterocycles. The number of aromatic nitrogens is 1. The van der Waals surface area contributed by atoms with Gasteiger partial charge in [-0.05, 0) is 13.0 Å². The van der Waals surface area contributed by atoms with E-state index in [4.69, 9.17) is 22.1 Å². The van der Waals surface area contributed by atoms with Gasteiger partial charge < -0.3 is 10.5 Å². The first-order chi connectivity index (χ1) is 13.4. The zero-order chi connectivity index (χ0) is 20.7. The number of carbonyl (C=O) groups is 2. The van der Waals surface area contributed by atoms with Crippen LogP contribution < -0.4 is 5.73 Å². The molecule has 2 rings (SSSR count). The number of Topliss-reactive ketones (excluding diaryl/α,β-unsaturated/α-hetero) is 1. The van der Waals surface area contributed by atoms with Gasteiger partial charge in [0.1, 0.15) is 35.0 Å². The highest BCUT2D eigenvalue weighted by atomic mass is 35.5. The minimum absolute atomic E-state index is 0.0341. The highest BCUT2D eigenvalue weighted by Crippen LogP contribution is 2.38. The van der Waals surface area contributed by atoms with Gasteiger partial charge in [0.2, 0.25) is 0 Å². The van der Waals surface area contributed by atoms with Gasteiger partial charge in [0.05, 0.1) is 17.9 Å². The maximum Gasteiger partial charge on any atom is 0.313 e. The van der Waals surface area contributed by atoms with Gasteiger partial charge in [0.15, 0.2) is 5.78 Å². The number of nitrogens with zero attached hydrogens (tertiary/aromatic N) is 3. The molecule has 0 bridgehead atoms. The van der Waals surface area contributed by atoms with Crippen molar-refractivity contribution in [1.29, 1.82) is 10.5 Å². The molecule has 0 atom stereocenters. The molecule has 0 fully saturated rings. The third-order valence-corrected chi connectivity index (χ3v) is 4.94. The van der Waals surface area contributed by atoms with Crippen LogP contribution in [0.4, 0.5) is 5.82 Å². The Labute approximate surface area is 171 Å². The molecular formula is C19H15ClN4O3S. The predicted octanol–water partition coefficient (Wildman–Crippen LogP) is 3.34. The summed E-state index contributed by atoms with van der Waals surface area (Å²) in [4.78, 5) is 27.5. The molecule has 7 nitrogen and oxygen atoms in total. The van der Waals surface area contributed by atoms with Crippen LogP contribution in [-0.4, -0.2) is 29.1 Å². The number of hydrogen-bond acceptors (Lipinski definition) is 8. The summed E-state index contributed by atoms with van der Waals surface area (Å²) >= 11 is 7.21. The lowest BCUT2D eigenvalue weighted by atomic mass is 9.97. The Bertz CT molecular complexity index is 1010. The van der Waals surface area contributed by atoms with E-state index in [-0.39, 0.29) is 52.1 Å². The van der Waals surface area contributed by atoms with Crippen LogP contribution in [0.2, 0.25) is 5.02 Å². The van der Waals surface area contributed by atoms with Crippen LogP contribution in [0.3, 0.4) is 0 Å². The molecule has 0 radical (unpaired) electrons. The molecule has 142 valence electrons. The topological polar surface area (TPSA) is 130 Å². The minimum Gasteiger partial charge on any atom is -0.466 e. The van der Waals surface area contributed by atoms with E-state index < -0.39 is 5.97 Å². The maximum absolute atomic E-state index is 12.0. The molecule has 0 unspecified atom stereocenters. The van der Waals surface area contributed by atoms with E-state index >= 15 is 0 Å². The number of nitriles is 2. The highest BCUT2D eigenvalue weighted by molar-refractivity contribution is 8.00. The smallest absolute Gasteiger partial charge is 0.313 e. The van der Waals surface area contributed by atoms with Gasteiger partial charge in [-0.25, -0.2) is 4.98 Å². The number of ketones is 1. The first-order valence-corrected chi connectivity index (χ1v) is 9.47. The van der Waals surface area contributed by atoms with E-state index in [0.717, 1.165) is 11.8 Å². The number of benzene rings is 1. The second kappa shape index (κ2) is 9.75. The molecule has 0 spiro atoms. The average molecular weight is 415 g/mol. The van der Waals surface area contributed by atoms with Crippen LogP contribution in [0.15, 0.2) is 29.3 Å². The predicted molar refractivity (Wildman–Crippen MR) is 106 cm³/mol. The summed E-state index contributed by atoms with van der Waals surface area (Å²) in [5.41, 5.74) is 6.77. The molecule has 0 aliphatic rings.